The van der Waals surface area contributed by atoms with Crippen LogP contribution in [0.3, 0.4) is 0 Å². The van der Waals surface area contributed by atoms with Gasteiger partial charge in [-0.05, 0) is 26.3 Å². The average molecular weight is 417 g/mol. The fourth-order valence-electron chi connectivity index (χ4n) is 3.20. The van der Waals surface area contributed by atoms with Gasteiger partial charge in [0.05, 0.1) is 30.6 Å². The SMILES string of the molecule is CC[C@H](O)Cn1cc(-c2cnc(-n3ncc4cc(C#N)cnc43)cc2NC(C)C)nn1. The van der Waals surface area contributed by atoms with Crippen LogP contribution in [0.4, 0.5) is 5.69 Å². The highest BCUT2D eigenvalue weighted by atomic mass is 16.3. The van der Waals surface area contributed by atoms with Gasteiger partial charge < -0.3 is 10.4 Å². The molecule has 1 atom stereocenters. The van der Waals surface area contributed by atoms with Crippen LogP contribution >= 0.6 is 0 Å². The second-order valence-corrected chi connectivity index (χ2v) is 7.58. The van der Waals surface area contributed by atoms with Crippen LogP contribution in [0.1, 0.15) is 32.8 Å². The van der Waals surface area contributed by atoms with Crippen molar-refractivity contribution in [2.75, 3.05) is 5.32 Å². The molecule has 158 valence electrons. The van der Waals surface area contributed by atoms with Gasteiger partial charge in [0.25, 0.3) is 0 Å². The maximum atomic E-state index is 9.88. The summed E-state index contributed by atoms with van der Waals surface area (Å²) in [5, 5.41) is 35.9. The Labute approximate surface area is 179 Å². The zero-order valence-corrected chi connectivity index (χ0v) is 17.6. The number of hydrogen-bond acceptors (Lipinski definition) is 8. The van der Waals surface area contributed by atoms with Crippen molar-refractivity contribution < 1.29 is 5.11 Å². The van der Waals surface area contributed by atoms with Gasteiger partial charge in [-0.2, -0.15) is 15.0 Å². The van der Waals surface area contributed by atoms with Crippen molar-refractivity contribution in [3.05, 3.63) is 42.5 Å². The van der Waals surface area contributed by atoms with E-state index < -0.39 is 6.10 Å². The van der Waals surface area contributed by atoms with Crippen LogP contribution in [-0.4, -0.2) is 52.0 Å². The van der Waals surface area contributed by atoms with Gasteiger partial charge >= 0.3 is 0 Å². The zero-order valence-electron chi connectivity index (χ0n) is 17.6. The molecule has 10 nitrogen and oxygen atoms in total. The lowest BCUT2D eigenvalue weighted by atomic mass is 10.1. The van der Waals surface area contributed by atoms with E-state index in [9.17, 15) is 5.11 Å². The van der Waals surface area contributed by atoms with Crippen LogP contribution in [0.5, 0.6) is 0 Å². The number of pyridine rings is 2. The molecule has 2 N–H and O–H groups in total. The van der Waals surface area contributed by atoms with Crippen molar-refractivity contribution in [3.63, 3.8) is 0 Å². The molecule has 0 spiro atoms. The van der Waals surface area contributed by atoms with E-state index in [-0.39, 0.29) is 6.04 Å². The Morgan fingerprint density at radius 2 is 2.03 bits per heavy atom. The summed E-state index contributed by atoms with van der Waals surface area (Å²) in [5.74, 6) is 0.591. The van der Waals surface area contributed by atoms with Gasteiger partial charge in [0.2, 0.25) is 0 Å². The maximum absolute atomic E-state index is 9.88. The minimum Gasteiger partial charge on any atom is -0.391 e. The lowest BCUT2D eigenvalue weighted by molar-refractivity contribution is 0.144. The third-order valence-electron chi connectivity index (χ3n) is 4.77. The number of nitrogens with one attached hydrogen (secondary N) is 1. The molecular weight excluding hydrogens is 394 g/mol. The van der Waals surface area contributed by atoms with Crippen LogP contribution in [0.15, 0.2) is 36.9 Å². The highest BCUT2D eigenvalue weighted by Crippen LogP contribution is 2.28. The van der Waals surface area contributed by atoms with E-state index in [4.69, 9.17) is 5.26 Å². The van der Waals surface area contributed by atoms with Crippen LogP contribution < -0.4 is 5.32 Å². The minimum atomic E-state index is -0.467. The molecule has 0 aliphatic heterocycles. The minimum absolute atomic E-state index is 0.177. The number of nitrogens with zero attached hydrogens (tertiary/aromatic N) is 8. The molecular formula is C21H23N9O. The van der Waals surface area contributed by atoms with Crippen molar-refractivity contribution in [2.24, 2.45) is 0 Å². The molecule has 0 fully saturated rings. The quantitative estimate of drug-likeness (QED) is 0.469. The van der Waals surface area contributed by atoms with E-state index in [1.165, 1.54) is 6.20 Å². The Kier molecular flexibility index (Phi) is 5.60. The molecule has 0 radical (unpaired) electrons. The Morgan fingerprint density at radius 1 is 1.19 bits per heavy atom. The molecule has 4 aromatic rings. The first-order valence-corrected chi connectivity index (χ1v) is 10.1. The van der Waals surface area contributed by atoms with Gasteiger partial charge in [-0.1, -0.05) is 12.1 Å². The van der Waals surface area contributed by atoms with E-state index >= 15 is 0 Å². The molecule has 0 amide bonds. The van der Waals surface area contributed by atoms with Gasteiger partial charge in [0, 0.05) is 41.1 Å². The molecule has 0 saturated carbocycles. The topological polar surface area (TPSA) is 130 Å². The van der Waals surface area contributed by atoms with E-state index in [2.05, 4.69) is 36.8 Å². The number of aliphatic hydroxyl groups excluding tert-OH is 1. The molecule has 0 saturated heterocycles. The number of anilines is 1. The van der Waals surface area contributed by atoms with Gasteiger partial charge in [0.15, 0.2) is 11.5 Å². The maximum Gasteiger partial charge on any atom is 0.164 e. The van der Waals surface area contributed by atoms with E-state index in [1.807, 2.05) is 26.8 Å². The highest BCUT2D eigenvalue weighted by Gasteiger charge is 2.16. The molecule has 0 bridgehead atoms. The molecule has 31 heavy (non-hydrogen) atoms. The first-order chi connectivity index (χ1) is 15.0. The third-order valence-corrected chi connectivity index (χ3v) is 4.77. The summed E-state index contributed by atoms with van der Waals surface area (Å²) in [6.07, 6.45) is 6.89. The summed E-state index contributed by atoms with van der Waals surface area (Å²) in [5.41, 5.74) is 3.39. The standard InChI is InChI=1S/C21H23N9O/c1-4-16(31)11-29-12-19(27-28-29)17-10-23-20(6-18(17)26-13(2)3)30-21-15(9-25-30)5-14(7-22)8-24-21/h5-6,8-10,12-13,16,31H,4,11H2,1-3H3,(H,23,26)/t16-/m0/s1. The van der Waals surface area contributed by atoms with Gasteiger partial charge in [0.1, 0.15) is 11.8 Å². The molecule has 0 unspecified atom stereocenters. The van der Waals surface area contributed by atoms with E-state index in [0.717, 1.165) is 16.6 Å². The monoisotopic (exact) mass is 417 g/mol. The Bertz CT molecular complexity index is 1250. The van der Waals surface area contributed by atoms with Crippen LogP contribution in [-0.2, 0) is 6.54 Å². The summed E-state index contributed by atoms with van der Waals surface area (Å²) >= 11 is 0. The normalized spacial score (nSPS) is 12.3. The predicted molar refractivity (Wildman–Crippen MR) is 115 cm³/mol. The number of fused-ring (bicyclic) bond motifs is 1. The van der Waals surface area contributed by atoms with E-state index in [0.29, 0.717) is 35.7 Å². The summed E-state index contributed by atoms with van der Waals surface area (Å²) in [6.45, 7) is 6.40. The molecule has 0 aliphatic carbocycles. The first kappa shape index (κ1) is 20.4. The first-order valence-electron chi connectivity index (χ1n) is 10.1. The summed E-state index contributed by atoms with van der Waals surface area (Å²) in [6, 6.07) is 5.90. The number of aromatic nitrogens is 7. The number of hydrogen-bond donors (Lipinski definition) is 2. The molecule has 4 rings (SSSR count). The number of rotatable bonds is 7. The Morgan fingerprint density at radius 3 is 2.77 bits per heavy atom. The van der Waals surface area contributed by atoms with E-state index in [1.54, 1.807) is 34.0 Å². The van der Waals surface area contributed by atoms with Crippen LogP contribution in [0.25, 0.3) is 28.1 Å². The van der Waals surface area contributed by atoms with Crippen molar-refractivity contribution in [2.45, 2.75) is 45.9 Å². The van der Waals surface area contributed by atoms with Crippen LogP contribution in [0, 0.1) is 11.3 Å². The summed E-state index contributed by atoms with van der Waals surface area (Å²) in [7, 11) is 0. The molecule has 4 aromatic heterocycles. The molecule has 10 heteroatoms. The molecule has 4 heterocycles. The third kappa shape index (κ3) is 4.22. The number of nitriles is 1. The van der Waals surface area contributed by atoms with Gasteiger partial charge in [-0.15, -0.1) is 5.10 Å². The van der Waals surface area contributed by atoms with Crippen LogP contribution in [0.2, 0.25) is 0 Å². The van der Waals surface area contributed by atoms with Crippen molar-refractivity contribution in [1.82, 2.24) is 34.7 Å². The summed E-state index contributed by atoms with van der Waals surface area (Å²) in [4.78, 5) is 8.94. The lowest BCUT2D eigenvalue weighted by Crippen LogP contribution is -2.15. The van der Waals surface area contributed by atoms with Gasteiger partial charge in [-0.3, -0.25) is 0 Å². The largest absolute Gasteiger partial charge is 0.391 e. The zero-order chi connectivity index (χ0) is 22.0. The summed E-state index contributed by atoms with van der Waals surface area (Å²) < 4.78 is 3.27. The van der Waals surface area contributed by atoms with Crippen molar-refractivity contribution >= 4 is 16.7 Å². The van der Waals surface area contributed by atoms with Gasteiger partial charge in [-0.25, -0.2) is 14.6 Å². The average Bonchev–Trinajstić information content (AvgIpc) is 3.39. The van der Waals surface area contributed by atoms with Crippen molar-refractivity contribution in [3.8, 4) is 23.1 Å². The molecule has 0 aliphatic rings. The second-order valence-electron chi connectivity index (χ2n) is 7.58. The highest BCUT2D eigenvalue weighted by molar-refractivity contribution is 5.79. The number of aliphatic hydroxyl groups is 1. The fraction of sp³-hybridized carbons (Fsp3) is 0.333. The Balaban J connectivity index is 1.74. The van der Waals surface area contributed by atoms with Crippen molar-refractivity contribution in [1.29, 1.82) is 5.26 Å². The predicted octanol–water partition coefficient (Wildman–Crippen LogP) is 2.54. The lowest BCUT2D eigenvalue weighted by Gasteiger charge is -2.15. The second kappa shape index (κ2) is 8.49. The Hall–Kier alpha value is -3.84. The molecule has 0 aromatic carbocycles. The smallest absolute Gasteiger partial charge is 0.164 e. The fourth-order valence-corrected chi connectivity index (χ4v) is 3.20.